The molecule has 1 aliphatic heterocycles. The van der Waals surface area contributed by atoms with Gasteiger partial charge in [-0.05, 0) is 54.6 Å². The Balaban J connectivity index is 1.65. The zero-order valence-electron chi connectivity index (χ0n) is 17.1. The Hall–Kier alpha value is -3.20. The molecule has 0 saturated heterocycles. The summed E-state index contributed by atoms with van der Waals surface area (Å²) >= 11 is 12.2. The van der Waals surface area contributed by atoms with Crippen molar-refractivity contribution in [1.82, 2.24) is 0 Å². The van der Waals surface area contributed by atoms with Gasteiger partial charge in [0.25, 0.3) is 15.9 Å². The number of carbonyl (C=O) groups is 1. The van der Waals surface area contributed by atoms with Crippen molar-refractivity contribution >= 4 is 50.5 Å². The lowest BCUT2D eigenvalue weighted by molar-refractivity contribution is 0.102. The molecule has 0 bridgehead atoms. The first-order chi connectivity index (χ1) is 15.8. The van der Waals surface area contributed by atoms with Crippen LogP contribution in [0.25, 0.3) is 0 Å². The number of sulfonamides is 1. The summed E-state index contributed by atoms with van der Waals surface area (Å²) in [6.07, 6.45) is 1.45. The molecule has 170 valence electrons. The van der Waals surface area contributed by atoms with Gasteiger partial charge in [0.1, 0.15) is 4.90 Å². The van der Waals surface area contributed by atoms with Crippen LogP contribution >= 0.6 is 23.2 Å². The summed E-state index contributed by atoms with van der Waals surface area (Å²) in [5.74, 6) is 0.580. The van der Waals surface area contributed by atoms with Gasteiger partial charge in [0, 0.05) is 22.3 Å². The van der Waals surface area contributed by atoms with E-state index in [1.165, 1.54) is 24.3 Å². The van der Waals surface area contributed by atoms with Crippen LogP contribution in [0.2, 0.25) is 10.0 Å². The zero-order chi connectivity index (χ0) is 23.6. The van der Waals surface area contributed by atoms with Crippen molar-refractivity contribution in [3.63, 3.8) is 0 Å². The number of fused-ring (bicyclic) bond motifs is 1. The second kappa shape index (κ2) is 9.35. The van der Waals surface area contributed by atoms with E-state index in [-0.39, 0.29) is 28.8 Å². The van der Waals surface area contributed by atoms with Crippen molar-refractivity contribution in [2.45, 2.75) is 4.90 Å². The summed E-state index contributed by atoms with van der Waals surface area (Å²) in [5, 5.41) is 3.17. The first kappa shape index (κ1) is 23.0. The molecule has 0 aromatic heterocycles. The molecular formula is C23H18Cl2N2O5S. The first-order valence-electron chi connectivity index (χ1n) is 9.69. The quantitative estimate of drug-likeness (QED) is 0.438. The van der Waals surface area contributed by atoms with Crippen molar-refractivity contribution in [3.05, 3.63) is 88.9 Å². The second-order valence-electron chi connectivity index (χ2n) is 6.97. The van der Waals surface area contributed by atoms with Gasteiger partial charge < -0.3 is 14.8 Å². The number of nitrogens with one attached hydrogen (secondary N) is 1. The molecule has 0 spiro atoms. The van der Waals surface area contributed by atoms with Crippen LogP contribution in [0, 0.1) is 0 Å². The Bertz CT molecular complexity index is 1330. The van der Waals surface area contributed by atoms with E-state index in [1.54, 1.807) is 42.5 Å². The maximum atomic E-state index is 13.5. The largest absolute Gasteiger partial charge is 0.454 e. The number of hydrogen-bond donors (Lipinski definition) is 1. The van der Waals surface area contributed by atoms with Gasteiger partial charge >= 0.3 is 0 Å². The van der Waals surface area contributed by atoms with E-state index >= 15 is 0 Å². The number of carbonyl (C=O) groups excluding carboxylic acids is 1. The van der Waals surface area contributed by atoms with Gasteiger partial charge in [-0.3, -0.25) is 9.10 Å². The normalized spacial score (nSPS) is 12.3. The van der Waals surface area contributed by atoms with Crippen LogP contribution in [0.15, 0.2) is 78.2 Å². The van der Waals surface area contributed by atoms with Gasteiger partial charge in [0.2, 0.25) is 6.79 Å². The number of ether oxygens (including phenoxy) is 2. The predicted molar refractivity (Wildman–Crippen MR) is 128 cm³/mol. The fourth-order valence-electron chi connectivity index (χ4n) is 3.21. The Morgan fingerprint density at radius 1 is 1.03 bits per heavy atom. The topological polar surface area (TPSA) is 84.9 Å². The molecule has 0 saturated carbocycles. The van der Waals surface area contributed by atoms with Gasteiger partial charge in [0.15, 0.2) is 11.5 Å². The Morgan fingerprint density at radius 3 is 2.48 bits per heavy atom. The van der Waals surface area contributed by atoms with Crippen molar-refractivity contribution < 1.29 is 22.7 Å². The van der Waals surface area contributed by atoms with E-state index in [4.69, 9.17) is 32.7 Å². The standard InChI is InChI=1S/C23H18Cl2N2O5S/c1-2-11-27(18-7-4-16(24)5-8-18)33(29,30)22-12-15(3-9-19(22)25)23(28)26-17-6-10-20-21(13-17)32-14-31-20/h2-10,12-13H,1,11,14H2,(H,26,28). The third kappa shape index (κ3) is 4.78. The van der Waals surface area contributed by atoms with Crippen LogP contribution in [0.5, 0.6) is 11.5 Å². The monoisotopic (exact) mass is 504 g/mol. The molecule has 0 atom stereocenters. The fraction of sp³-hybridized carbons (Fsp3) is 0.0870. The molecule has 0 fully saturated rings. The van der Waals surface area contributed by atoms with Crippen LogP contribution < -0.4 is 19.1 Å². The lowest BCUT2D eigenvalue weighted by Crippen LogP contribution is -2.31. The molecule has 3 aromatic carbocycles. The van der Waals surface area contributed by atoms with Gasteiger partial charge in [0.05, 0.1) is 17.3 Å². The van der Waals surface area contributed by atoms with Crippen molar-refractivity contribution in [1.29, 1.82) is 0 Å². The highest BCUT2D eigenvalue weighted by atomic mass is 35.5. The second-order valence-corrected chi connectivity index (χ2v) is 9.64. The van der Waals surface area contributed by atoms with Crippen LogP contribution in [0.1, 0.15) is 10.4 Å². The Labute approximate surface area is 201 Å². The maximum absolute atomic E-state index is 13.5. The van der Waals surface area contributed by atoms with E-state index in [9.17, 15) is 13.2 Å². The summed E-state index contributed by atoms with van der Waals surface area (Å²) in [5.41, 5.74) is 0.967. The molecule has 1 heterocycles. The molecule has 0 radical (unpaired) electrons. The molecule has 0 unspecified atom stereocenters. The number of rotatable bonds is 7. The molecule has 1 amide bonds. The molecular weight excluding hydrogens is 487 g/mol. The summed E-state index contributed by atoms with van der Waals surface area (Å²) in [6.45, 7) is 3.75. The third-order valence-corrected chi connectivity index (χ3v) is 7.33. The summed E-state index contributed by atoms with van der Waals surface area (Å²) in [4.78, 5) is 12.6. The lowest BCUT2D eigenvalue weighted by Gasteiger charge is -2.24. The lowest BCUT2D eigenvalue weighted by atomic mass is 10.2. The van der Waals surface area contributed by atoms with Gasteiger partial charge in [-0.15, -0.1) is 6.58 Å². The molecule has 1 aliphatic rings. The number of anilines is 2. The van der Waals surface area contributed by atoms with Crippen molar-refractivity contribution in [2.75, 3.05) is 23.0 Å². The van der Waals surface area contributed by atoms with Crippen LogP contribution in [0.3, 0.4) is 0 Å². The highest BCUT2D eigenvalue weighted by molar-refractivity contribution is 7.93. The SMILES string of the molecule is C=CCN(c1ccc(Cl)cc1)S(=O)(=O)c1cc(C(=O)Nc2ccc3c(c2)OCO3)ccc1Cl. The first-order valence-corrected chi connectivity index (χ1v) is 11.9. The molecule has 1 N–H and O–H groups in total. The minimum Gasteiger partial charge on any atom is -0.454 e. The van der Waals surface area contributed by atoms with Crippen LogP contribution in [0.4, 0.5) is 11.4 Å². The summed E-state index contributed by atoms with van der Waals surface area (Å²) in [7, 11) is -4.13. The number of benzene rings is 3. The van der Waals surface area contributed by atoms with E-state index in [2.05, 4.69) is 11.9 Å². The van der Waals surface area contributed by atoms with Crippen molar-refractivity contribution in [2.24, 2.45) is 0 Å². The average Bonchev–Trinajstić information content (AvgIpc) is 3.26. The minimum absolute atomic E-state index is 0.00604. The van der Waals surface area contributed by atoms with E-state index < -0.39 is 15.9 Å². The third-order valence-electron chi connectivity index (χ3n) is 4.80. The van der Waals surface area contributed by atoms with Gasteiger partial charge in [-0.25, -0.2) is 8.42 Å². The van der Waals surface area contributed by atoms with Gasteiger partial charge in [-0.2, -0.15) is 0 Å². The minimum atomic E-state index is -4.13. The number of halogens is 2. The Kier molecular flexibility index (Phi) is 6.51. The molecule has 33 heavy (non-hydrogen) atoms. The highest BCUT2D eigenvalue weighted by Gasteiger charge is 2.28. The van der Waals surface area contributed by atoms with Crippen molar-refractivity contribution in [3.8, 4) is 11.5 Å². The summed E-state index contributed by atoms with van der Waals surface area (Å²) < 4.78 is 38.7. The molecule has 7 nitrogen and oxygen atoms in total. The van der Waals surface area contributed by atoms with Crippen LogP contribution in [-0.2, 0) is 10.0 Å². The fourth-order valence-corrected chi connectivity index (χ4v) is 5.27. The summed E-state index contributed by atoms with van der Waals surface area (Å²) in [6, 6.07) is 15.3. The van der Waals surface area contributed by atoms with E-state index in [0.29, 0.717) is 27.9 Å². The number of hydrogen-bond acceptors (Lipinski definition) is 5. The Morgan fingerprint density at radius 2 is 1.76 bits per heavy atom. The molecule has 3 aromatic rings. The van der Waals surface area contributed by atoms with E-state index in [0.717, 1.165) is 4.31 Å². The molecule has 0 aliphatic carbocycles. The number of nitrogens with zero attached hydrogens (tertiary/aromatic N) is 1. The van der Waals surface area contributed by atoms with E-state index in [1.807, 2.05) is 0 Å². The highest BCUT2D eigenvalue weighted by Crippen LogP contribution is 2.35. The van der Waals surface area contributed by atoms with Gasteiger partial charge in [-0.1, -0.05) is 29.3 Å². The van der Waals surface area contributed by atoms with Crippen LogP contribution in [-0.4, -0.2) is 27.7 Å². The smallest absolute Gasteiger partial charge is 0.266 e. The molecule has 10 heteroatoms. The average molecular weight is 505 g/mol. The maximum Gasteiger partial charge on any atom is 0.266 e. The zero-order valence-corrected chi connectivity index (χ0v) is 19.5. The predicted octanol–water partition coefficient (Wildman–Crippen LogP) is 5.36. The number of amides is 1. The molecule has 4 rings (SSSR count).